The maximum Gasteiger partial charge on any atom is 0.250 e. The molecule has 0 spiro atoms. The minimum atomic E-state index is -2.04. The summed E-state index contributed by atoms with van der Waals surface area (Å²) in [7, 11) is -2.04. The van der Waals surface area contributed by atoms with Gasteiger partial charge in [0.25, 0.3) is 0 Å². The zero-order valence-electron chi connectivity index (χ0n) is 18.2. The standard InChI is InChI=1S/C25H32O3Si/c1-25(2,3)29(4,5)28-23-16-10-14-21(26)17-20-13-9-15-22(24(20)23)27-18-19-11-7-6-8-12-19/h6-9,11-13,15-16H,10,14,17-18H2,1-5H3/b23-16+. The monoisotopic (exact) mass is 408 g/mol. The van der Waals surface area contributed by atoms with Gasteiger partial charge in [0.1, 0.15) is 23.9 Å². The van der Waals surface area contributed by atoms with Gasteiger partial charge in [-0.1, -0.05) is 63.2 Å². The molecule has 4 heteroatoms. The normalized spacial score (nSPS) is 16.9. The van der Waals surface area contributed by atoms with Crippen molar-refractivity contribution in [3.05, 3.63) is 71.3 Å². The van der Waals surface area contributed by atoms with E-state index in [0.717, 1.165) is 28.2 Å². The Morgan fingerprint density at radius 1 is 1.00 bits per heavy atom. The summed E-state index contributed by atoms with van der Waals surface area (Å²) in [6.07, 6.45) is 3.77. The third kappa shape index (κ3) is 5.18. The first kappa shape index (κ1) is 21.4. The van der Waals surface area contributed by atoms with Crippen molar-refractivity contribution in [1.82, 2.24) is 0 Å². The maximum absolute atomic E-state index is 12.3. The van der Waals surface area contributed by atoms with E-state index in [2.05, 4.69) is 52.1 Å². The van der Waals surface area contributed by atoms with Crippen LogP contribution in [0.15, 0.2) is 54.6 Å². The van der Waals surface area contributed by atoms with Crippen molar-refractivity contribution in [3.63, 3.8) is 0 Å². The van der Waals surface area contributed by atoms with Crippen LogP contribution in [0.1, 0.15) is 50.3 Å². The summed E-state index contributed by atoms with van der Waals surface area (Å²) in [6.45, 7) is 11.7. The van der Waals surface area contributed by atoms with Gasteiger partial charge in [0.05, 0.1) is 5.56 Å². The van der Waals surface area contributed by atoms with Crippen molar-refractivity contribution >= 4 is 19.9 Å². The van der Waals surface area contributed by atoms with Crippen molar-refractivity contribution < 1.29 is 14.0 Å². The second-order valence-corrected chi connectivity index (χ2v) is 14.0. The number of allylic oxidation sites excluding steroid dienone is 1. The Morgan fingerprint density at radius 2 is 1.72 bits per heavy atom. The molecule has 154 valence electrons. The molecule has 1 aliphatic carbocycles. The molecule has 29 heavy (non-hydrogen) atoms. The number of hydrogen-bond donors (Lipinski definition) is 0. The summed E-state index contributed by atoms with van der Waals surface area (Å²) in [6, 6.07) is 16.1. The van der Waals surface area contributed by atoms with E-state index in [1.165, 1.54) is 0 Å². The highest BCUT2D eigenvalue weighted by Gasteiger charge is 2.40. The molecule has 3 rings (SSSR count). The van der Waals surface area contributed by atoms with Crippen molar-refractivity contribution in [2.24, 2.45) is 0 Å². The molecule has 1 aliphatic rings. The third-order valence-corrected chi connectivity index (χ3v) is 10.3. The van der Waals surface area contributed by atoms with E-state index in [1.807, 2.05) is 36.4 Å². The molecule has 2 aromatic rings. The topological polar surface area (TPSA) is 35.5 Å². The predicted octanol–water partition coefficient (Wildman–Crippen LogP) is 6.53. The van der Waals surface area contributed by atoms with Crippen LogP contribution in [0.25, 0.3) is 5.76 Å². The SMILES string of the molecule is CC(C)(C)[Si](C)(C)O/C1=C/CCC(=O)Cc2cccc(OCc3ccccc3)c21. The van der Waals surface area contributed by atoms with Gasteiger partial charge in [-0.3, -0.25) is 4.79 Å². The molecule has 2 aromatic carbocycles. The number of fused-ring (bicyclic) bond motifs is 1. The predicted molar refractivity (Wildman–Crippen MR) is 121 cm³/mol. The highest BCUT2D eigenvalue weighted by molar-refractivity contribution is 6.74. The Balaban J connectivity index is 1.99. The first-order chi connectivity index (χ1) is 13.7. The number of ketones is 1. The molecule has 0 amide bonds. The van der Waals surface area contributed by atoms with E-state index < -0.39 is 8.32 Å². The number of Topliss-reactive ketones (excluding diaryl/α,β-unsaturated/α-hetero) is 1. The quantitative estimate of drug-likeness (QED) is 0.527. The number of carbonyl (C=O) groups is 1. The lowest BCUT2D eigenvalue weighted by Gasteiger charge is -2.38. The van der Waals surface area contributed by atoms with E-state index >= 15 is 0 Å². The zero-order chi connectivity index (χ0) is 21.1. The Kier molecular flexibility index (Phi) is 6.32. The molecule has 0 radical (unpaired) electrons. The number of hydrogen-bond acceptors (Lipinski definition) is 3. The highest BCUT2D eigenvalue weighted by Crippen LogP contribution is 2.42. The van der Waals surface area contributed by atoms with Gasteiger partial charge in [-0.05, 0) is 47.8 Å². The zero-order valence-corrected chi connectivity index (χ0v) is 19.2. The van der Waals surface area contributed by atoms with Gasteiger partial charge >= 0.3 is 0 Å². The largest absolute Gasteiger partial charge is 0.543 e. The third-order valence-electron chi connectivity index (χ3n) is 5.91. The van der Waals surface area contributed by atoms with Crippen molar-refractivity contribution in [1.29, 1.82) is 0 Å². The molecule has 0 saturated heterocycles. The first-order valence-corrected chi connectivity index (χ1v) is 13.3. The lowest BCUT2D eigenvalue weighted by Crippen LogP contribution is -2.40. The van der Waals surface area contributed by atoms with E-state index in [4.69, 9.17) is 9.16 Å². The van der Waals surface area contributed by atoms with E-state index in [9.17, 15) is 4.79 Å². The van der Waals surface area contributed by atoms with Crippen LogP contribution < -0.4 is 4.74 Å². The van der Waals surface area contributed by atoms with Crippen LogP contribution in [0.3, 0.4) is 0 Å². The molecule has 0 bridgehead atoms. The Bertz CT molecular complexity index is 892. The molecule has 0 atom stereocenters. The number of ether oxygens (including phenoxy) is 1. The lowest BCUT2D eigenvalue weighted by atomic mass is 9.95. The molecule has 0 unspecified atom stereocenters. The Hall–Kier alpha value is -2.33. The summed E-state index contributed by atoms with van der Waals surface area (Å²) in [4.78, 5) is 12.3. The molecule has 0 fully saturated rings. The molecular weight excluding hydrogens is 376 g/mol. The second-order valence-electron chi connectivity index (χ2n) is 9.25. The molecule has 3 nitrogen and oxygen atoms in total. The molecule has 0 aliphatic heterocycles. The van der Waals surface area contributed by atoms with Crippen molar-refractivity contribution in [2.45, 2.75) is 64.8 Å². The molecule has 0 N–H and O–H groups in total. The molecule has 0 heterocycles. The molecule has 0 saturated carbocycles. The minimum Gasteiger partial charge on any atom is -0.543 e. The van der Waals surface area contributed by atoms with Gasteiger partial charge < -0.3 is 9.16 Å². The Morgan fingerprint density at radius 3 is 2.41 bits per heavy atom. The van der Waals surface area contributed by atoms with Gasteiger partial charge in [-0.25, -0.2) is 0 Å². The van der Waals surface area contributed by atoms with Crippen LogP contribution in [-0.2, 0) is 22.2 Å². The summed E-state index contributed by atoms with van der Waals surface area (Å²) < 4.78 is 13.0. The van der Waals surface area contributed by atoms with Crippen molar-refractivity contribution in [2.75, 3.05) is 0 Å². The summed E-state index contributed by atoms with van der Waals surface area (Å²) in [5, 5.41) is 0.0893. The van der Waals surface area contributed by atoms with Gasteiger partial charge in [0, 0.05) is 12.8 Å². The molecular formula is C25H32O3Si. The fourth-order valence-electron chi connectivity index (χ4n) is 3.15. The van der Waals surface area contributed by atoms with Crippen molar-refractivity contribution in [3.8, 4) is 5.75 Å². The number of benzene rings is 2. The van der Waals surface area contributed by atoms with Gasteiger partial charge in [0.2, 0.25) is 8.32 Å². The van der Waals surface area contributed by atoms with Gasteiger partial charge in [-0.15, -0.1) is 0 Å². The van der Waals surface area contributed by atoms with E-state index in [1.54, 1.807) is 0 Å². The maximum atomic E-state index is 12.3. The van der Waals surface area contributed by atoms with Gasteiger partial charge in [0.15, 0.2) is 0 Å². The average molecular weight is 409 g/mol. The van der Waals surface area contributed by atoms with Gasteiger partial charge in [-0.2, -0.15) is 0 Å². The fourth-order valence-corrected chi connectivity index (χ4v) is 4.19. The van der Waals surface area contributed by atoms with Crippen LogP contribution in [0.2, 0.25) is 18.1 Å². The summed E-state index contributed by atoms with van der Waals surface area (Å²) in [5.74, 6) is 1.92. The lowest BCUT2D eigenvalue weighted by molar-refractivity contribution is -0.118. The second kappa shape index (κ2) is 8.58. The van der Waals surface area contributed by atoms with Crippen LogP contribution in [0, 0.1) is 0 Å². The highest BCUT2D eigenvalue weighted by atomic mass is 28.4. The minimum absolute atomic E-state index is 0.0893. The fraction of sp³-hybridized carbons (Fsp3) is 0.400. The summed E-state index contributed by atoms with van der Waals surface area (Å²) >= 11 is 0. The van der Waals surface area contributed by atoms with Crippen LogP contribution >= 0.6 is 0 Å². The number of rotatable bonds is 5. The Labute approximate surface area is 175 Å². The average Bonchev–Trinajstić information content (AvgIpc) is 2.64. The van der Waals surface area contributed by atoms with E-state index in [-0.39, 0.29) is 10.8 Å². The van der Waals surface area contributed by atoms with Crippen LogP contribution in [0.5, 0.6) is 5.75 Å². The molecule has 0 aromatic heterocycles. The first-order valence-electron chi connectivity index (χ1n) is 10.4. The number of carbonyl (C=O) groups excluding carboxylic acids is 1. The smallest absolute Gasteiger partial charge is 0.250 e. The van der Waals surface area contributed by atoms with Crippen LogP contribution in [-0.4, -0.2) is 14.1 Å². The van der Waals surface area contributed by atoms with E-state index in [0.29, 0.717) is 25.9 Å². The van der Waals surface area contributed by atoms with Crippen LogP contribution in [0.4, 0.5) is 0 Å². The summed E-state index contributed by atoms with van der Waals surface area (Å²) in [5.41, 5.74) is 3.05.